The van der Waals surface area contributed by atoms with Gasteiger partial charge in [-0.15, -0.1) is 0 Å². The highest BCUT2D eigenvalue weighted by Crippen LogP contribution is 2.00. The fraction of sp³-hybridized carbons (Fsp3) is 0.111. The second-order valence-electron chi connectivity index (χ2n) is 2.78. The molecule has 0 aliphatic rings. The third-order valence-electron chi connectivity index (χ3n) is 1.83. The molecule has 0 aromatic carbocycles. The summed E-state index contributed by atoms with van der Waals surface area (Å²) >= 11 is 0. The average molecular weight is 188 g/mol. The summed E-state index contributed by atoms with van der Waals surface area (Å²) in [6.45, 7) is 0.516. The van der Waals surface area contributed by atoms with Crippen LogP contribution in [0.1, 0.15) is 16.2 Å². The first-order chi connectivity index (χ1) is 6.90. The maximum absolute atomic E-state index is 10.6. The van der Waals surface area contributed by atoms with Crippen molar-refractivity contribution in [3.05, 3.63) is 42.2 Å². The van der Waals surface area contributed by atoms with E-state index in [9.17, 15) is 4.79 Å². The topological polar surface area (TPSA) is 60.7 Å². The molecule has 0 fully saturated rings. The molecule has 0 aliphatic carbocycles. The van der Waals surface area contributed by atoms with Gasteiger partial charge in [0.1, 0.15) is 5.69 Å². The lowest BCUT2D eigenvalue weighted by atomic mass is 10.4. The highest BCUT2D eigenvalue weighted by molar-refractivity contribution is 5.71. The van der Waals surface area contributed by atoms with E-state index in [1.807, 2.05) is 6.07 Å². The minimum Gasteiger partial charge on any atom is -0.322 e. The summed E-state index contributed by atoms with van der Waals surface area (Å²) in [5.74, 6) is 0. The van der Waals surface area contributed by atoms with E-state index in [-0.39, 0.29) is 0 Å². The molecule has 0 spiro atoms. The number of imidazole rings is 1. The minimum atomic E-state index is 0.516. The van der Waals surface area contributed by atoms with E-state index in [0.717, 1.165) is 12.0 Å². The molecule has 0 bridgehead atoms. The number of rotatable bonds is 3. The van der Waals surface area contributed by atoms with E-state index in [1.165, 1.54) is 6.20 Å². The number of nitrogens with zero attached hydrogens (tertiary/aromatic N) is 4. The predicted molar refractivity (Wildman–Crippen MR) is 48.7 cm³/mol. The van der Waals surface area contributed by atoms with Gasteiger partial charge in [-0.25, -0.2) is 4.98 Å². The van der Waals surface area contributed by atoms with Gasteiger partial charge in [0.2, 0.25) is 0 Å². The van der Waals surface area contributed by atoms with Gasteiger partial charge in [-0.05, 0) is 12.1 Å². The minimum absolute atomic E-state index is 0.516. The molecule has 0 unspecified atom stereocenters. The van der Waals surface area contributed by atoms with Crippen LogP contribution in [0.25, 0.3) is 0 Å². The third kappa shape index (κ3) is 1.66. The summed E-state index contributed by atoms with van der Waals surface area (Å²) in [4.78, 5) is 14.5. The van der Waals surface area contributed by atoms with E-state index in [1.54, 1.807) is 23.2 Å². The Hall–Kier alpha value is -2.04. The molecule has 0 saturated carbocycles. The lowest BCUT2D eigenvalue weighted by Crippen LogP contribution is -2.04. The van der Waals surface area contributed by atoms with E-state index in [2.05, 4.69) is 15.2 Å². The van der Waals surface area contributed by atoms with Gasteiger partial charge in [0.05, 0.1) is 24.8 Å². The first kappa shape index (κ1) is 8.55. The molecule has 5 heteroatoms. The van der Waals surface area contributed by atoms with Crippen molar-refractivity contribution in [2.45, 2.75) is 6.54 Å². The van der Waals surface area contributed by atoms with Crippen LogP contribution >= 0.6 is 0 Å². The van der Waals surface area contributed by atoms with Gasteiger partial charge < -0.3 is 4.57 Å². The van der Waals surface area contributed by atoms with E-state index in [0.29, 0.717) is 12.2 Å². The molecule has 2 aromatic heterocycles. The second-order valence-corrected chi connectivity index (χ2v) is 2.78. The van der Waals surface area contributed by atoms with Crippen LogP contribution in [0.2, 0.25) is 0 Å². The average Bonchev–Trinajstić information content (AvgIpc) is 2.67. The monoisotopic (exact) mass is 188 g/mol. The van der Waals surface area contributed by atoms with Crippen molar-refractivity contribution in [1.29, 1.82) is 0 Å². The van der Waals surface area contributed by atoms with Crippen LogP contribution in [0.4, 0.5) is 0 Å². The highest BCUT2D eigenvalue weighted by atomic mass is 16.1. The number of carbonyl (C=O) groups is 1. The largest absolute Gasteiger partial charge is 0.322 e. The molecule has 70 valence electrons. The molecule has 2 rings (SSSR count). The molecule has 0 amide bonds. The molecule has 2 heterocycles. The Labute approximate surface area is 80.4 Å². The molecule has 0 N–H and O–H groups in total. The van der Waals surface area contributed by atoms with Crippen LogP contribution in [0.15, 0.2) is 30.9 Å². The number of aromatic nitrogens is 4. The van der Waals surface area contributed by atoms with Crippen molar-refractivity contribution in [3.63, 3.8) is 0 Å². The Bertz CT molecular complexity index is 423. The van der Waals surface area contributed by atoms with Crippen molar-refractivity contribution in [2.24, 2.45) is 0 Å². The van der Waals surface area contributed by atoms with Gasteiger partial charge in [-0.3, -0.25) is 4.79 Å². The number of hydrogen-bond donors (Lipinski definition) is 0. The van der Waals surface area contributed by atoms with Crippen LogP contribution < -0.4 is 0 Å². The van der Waals surface area contributed by atoms with Crippen molar-refractivity contribution in [3.8, 4) is 0 Å². The molecule has 0 aliphatic heterocycles. The Kier molecular flexibility index (Phi) is 2.31. The number of aldehydes is 1. The SMILES string of the molecule is O=Cc1cncn1Cc1cccnn1. The summed E-state index contributed by atoms with van der Waals surface area (Å²) in [7, 11) is 0. The Morgan fingerprint density at radius 1 is 1.50 bits per heavy atom. The van der Waals surface area contributed by atoms with E-state index < -0.39 is 0 Å². The lowest BCUT2D eigenvalue weighted by Gasteiger charge is -2.01. The molecule has 0 saturated heterocycles. The molecule has 5 nitrogen and oxygen atoms in total. The van der Waals surface area contributed by atoms with Crippen molar-refractivity contribution < 1.29 is 4.79 Å². The smallest absolute Gasteiger partial charge is 0.168 e. The number of hydrogen-bond acceptors (Lipinski definition) is 4. The predicted octanol–water partition coefficient (Wildman–Crippen LogP) is 0.534. The van der Waals surface area contributed by atoms with Crippen LogP contribution in [0.3, 0.4) is 0 Å². The van der Waals surface area contributed by atoms with Crippen LogP contribution in [0, 0.1) is 0 Å². The number of carbonyl (C=O) groups excluding carboxylic acids is 1. The molecule has 14 heavy (non-hydrogen) atoms. The van der Waals surface area contributed by atoms with Gasteiger partial charge in [0, 0.05) is 6.20 Å². The van der Waals surface area contributed by atoms with Crippen molar-refractivity contribution in [1.82, 2.24) is 19.7 Å². The molecule has 0 radical (unpaired) electrons. The van der Waals surface area contributed by atoms with Gasteiger partial charge in [0.15, 0.2) is 6.29 Å². The second kappa shape index (κ2) is 3.78. The summed E-state index contributed by atoms with van der Waals surface area (Å²) in [6, 6.07) is 3.65. The summed E-state index contributed by atoms with van der Waals surface area (Å²) in [5, 5.41) is 7.66. The van der Waals surface area contributed by atoms with E-state index >= 15 is 0 Å². The highest BCUT2D eigenvalue weighted by Gasteiger charge is 2.01. The van der Waals surface area contributed by atoms with Gasteiger partial charge in [-0.2, -0.15) is 10.2 Å². The fourth-order valence-corrected chi connectivity index (χ4v) is 1.15. The first-order valence-corrected chi connectivity index (χ1v) is 4.12. The normalized spacial score (nSPS) is 10.0. The lowest BCUT2D eigenvalue weighted by molar-refractivity contribution is 0.111. The first-order valence-electron chi connectivity index (χ1n) is 4.12. The van der Waals surface area contributed by atoms with E-state index in [4.69, 9.17) is 0 Å². The summed E-state index contributed by atoms with van der Waals surface area (Å²) in [5.41, 5.74) is 1.34. The molecular formula is C9H8N4O. The standard InChI is InChI=1S/C9H8N4O/c14-6-9-4-10-7-13(9)5-8-2-1-3-11-12-8/h1-4,6-7H,5H2. The molecular weight excluding hydrogens is 180 g/mol. The van der Waals surface area contributed by atoms with Crippen LogP contribution in [-0.4, -0.2) is 26.0 Å². The Morgan fingerprint density at radius 3 is 3.14 bits per heavy atom. The van der Waals surface area contributed by atoms with Crippen LogP contribution in [-0.2, 0) is 6.54 Å². The van der Waals surface area contributed by atoms with Gasteiger partial charge in [0.25, 0.3) is 0 Å². The summed E-state index contributed by atoms with van der Waals surface area (Å²) in [6.07, 6.45) is 5.49. The summed E-state index contributed by atoms with van der Waals surface area (Å²) < 4.78 is 1.72. The fourth-order valence-electron chi connectivity index (χ4n) is 1.15. The van der Waals surface area contributed by atoms with Crippen molar-refractivity contribution in [2.75, 3.05) is 0 Å². The van der Waals surface area contributed by atoms with Gasteiger partial charge in [-0.1, -0.05) is 0 Å². The maximum Gasteiger partial charge on any atom is 0.168 e. The molecule has 2 aromatic rings. The third-order valence-corrected chi connectivity index (χ3v) is 1.83. The quantitative estimate of drug-likeness (QED) is 0.659. The van der Waals surface area contributed by atoms with Gasteiger partial charge >= 0.3 is 0 Å². The maximum atomic E-state index is 10.6. The van der Waals surface area contributed by atoms with Crippen molar-refractivity contribution >= 4 is 6.29 Å². The Balaban J connectivity index is 2.23. The molecule has 0 atom stereocenters. The zero-order chi connectivity index (χ0) is 9.80. The van der Waals surface area contributed by atoms with Crippen LogP contribution in [0.5, 0.6) is 0 Å². The zero-order valence-electron chi connectivity index (χ0n) is 7.37. The Morgan fingerprint density at radius 2 is 2.43 bits per heavy atom. The zero-order valence-corrected chi connectivity index (χ0v) is 7.37.